The van der Waals surface area contributed by atoms with E-state index in [0.717, 1.165) is 0 Å². The number of aliphatic hydroxyl groups excluding tert-OH is 1. The molecule has 0 bridgehead atoms. The quantitative estimate of drug-likeness (QED) is 0.204. The summed E-state index contributed by atoms with van der Waals surface area (Å²) in [6.07, 6.45) is -0.830. The maximum atomic E-state index is 12.0. The van der Waals surface area contributed by atoms with E-state index < -0.39 is 66.9 Å². The lowest BCUT2D eigenvalue weighted by atomic mass is 10.1. The topological polar surface area (TPSA) is 208 Å². The molecule has 0 aliphatic heterocycles. The Morgan fingerprint density at radius 1 is 0.880 bits per heavy atom. The van der Waals surface area contributed by atoms with E-state index in [0.29, 0.717) is 0 Å². The van der Waals surface area contributed by atoms with E-state index in [9.17, 15) is 24.0 Å². The second-order valence-corrected chi connectivity index (χ2v) is 5.26. The van der Waals surface area contributed by atoms with Crippen molar-refractivity contribution in [1.29, 1.82) is 0 Å². The molecule has 142 valence electrons. The van der Waals surface area contributed by atoms with E-state index in [1.54, 1.807) is 0 Å². The average Bonchev–Trinajstić information content (AvgIpc) is 2.50. The van der Waals surface area contributed by atoms with Crippen molar-refractivity contribution in [3.05, 3.63) is 0 Å². The Hall–Kier alpha value is -2.73. The van der Waals surface area contributed by atoms with Crippen molar-refractivity contribution >= 4 is 29.7 Å². The molecule has 0 saturated heterocycles. The first kappa shape index (κ1) is 22.3. The molecule has 0 aromatic heterocycles. The van der Waals surface area contributed by atoms with Gasteiger partial charge in [0.25, 0.3) is 0 Å². The summed E-state index contributed by atoms with van der Waals surface area (Å²) in [5, 5.41) is 32.7. The number of aliphatic carboxylic acids is 2. The molecule has 0 rings (SSSR count). The first-order valence-electron chi connectivity index (χ1n) is 7.21. The summed E-state index contributed by atoms with van der Waals surface area (Å²) in [6, 6.07) is -5.26. The average molecular weight is 362 g/mol. The van der Waals surface area contributed by atoms with Gasteiger partial charge in [-0.05, 0) is 13.8 Å². The lowest BCUT2D eigenvalue weighted by molar-refractivity contribution is -0.144. The molecule has 0 spiro atoms. The highest BCUT2D eigenvalue weighted by molar-refractivity contribution is 5.95. The highest BCUT2D eigenvalue weighted by atomic mass is 16.4. The number of nitrogens with one attached hydrogen (secondary N) is 3. The molecule has 0 fully saturated rings. The Bertz CT molecular complexity index is 536. The number of hydrogen-bond donors (Lipinski definition) is 7. The normalized spacial score (nSPS) is 15.2. The predicted octanol–water partition coefficient (Wildman–Crippen LogP) is -3.64. The molecule has 3 amide bonds. The van der Waals surface area contributed by atoms with Crippen LogP contribution >= 0.6 is 0 Å². The van der Waals surface area contributed by atoms with Gasteiger partial charge in [-0.1, -0.05) is 0 Å². The SMILES string of the molecule is CC(N)C(=O)NC(C)C(=O)NC(CC(=O)O)C(=O)NC(CO)C(=O)O. The molecule has 0 radical (unpaired) electrons. The first-order valence-corrected chi connectivity index (χ1v) is 7.21. The fourth-order valence-electron chi connectivity index (χ4n) is 1.55. The Morgan fingerprint density at radius 3 is 1.80 bits per heavy atom. The van der Waals surface area contributed by atoms with Gasteiger partial charge in [0, 0.05) is 0 Å². The summed E-state index contributed by atoms with van der Waals surface area (Å²) in [6.45, 7) is 1.76. The van der Waals surface area contributed by atoms with Crippen LogP contribution in [0.1, 0.15) is 20.3 Å². The van der Waals surface area contributed by atoms with Crippen LogP contribution in [0.4, 0.5) is 0 Å². The molecule has 25 heavy (non-hydrogen) atoms. The van der Waals surface area contributed by atoms with Gasteiger partial charge >= 0.3 is 11.9 Å². The number of hydrogen-bond acceptors (Lipinski definition) is 7. The minimum absolute atomic E-state index is 0.631. The number of nitrogens with two attached hydrogens (primary N) is 1. The molecule has 0 aromatic rings. The summed E-state index contributed by atoms with van der Waals surface area (Å²) in [5.41, 5.74) is 5.33. The summed E-state index contributed by atoms with van der Waals surface area (Å²) >= 11 is 0. The highest BCUT2D eigenvalue weighted by Crippen LogP contribution is 1.97. The van der Waals surface area contributed by atoms with Gasteiger partial charge in [0.2, 0.25) is 17.7 Å². The Kier molecular flexibility index (Phi) is 9.09. The van der Waals surface area contributed by atoms with Gasteiger partial charge in [0.1, 0.15) is 18.1 Å². The van der Waals surface area contributed by atoms with Crippen LogP contribution < -0.4 is 21.7 Å². The molecular weight excluding hydrogens is 340 g/mol. The largest absolute Gasteiger partial charge is 0.481 e. The van der Waals surface area contributed by atoms with Gasteiger partial charge in [-0.25, -0.2) is 4.79 Å². The molecule has 12 nitrogen and oxygen atoms in total. The summed E-state index contributed by atoms with van der Waals surface area (Å²) in [5.74, 6) is -5.57. The molecule has 0 heterocycles. The van der Waals surface area contributed by atoms with Gasteiger partial charge in [0.15, 0.2) is 0 Å². The van der Waals surface area contributed by atoms with E-state index in [4.69, 9.17) is 21.1 Å². The molecular formula is C13H22N4O8. The van der Waals surface area contributed by atoms with E-state index in [1.807, 2.05) is 5.32 Å². The van der Waals surface area contributed by atoms with Crippen molar-refractivity contribution in [3.8, 4) is 0 Å². The minimum atomic E-state index is -1.66. The maximum Gasteiger partial charge on any atom is 0.328 e. The molecule has 0 aliphatic rings. The molecule has 0 aliphatic carbocycles. The van der Waals surface area contributed by atoms with Crippen LogP contribution in [0.25, 0.3) is 0 Å². The lowest BCUT2D eigenvalue weighted by Crippen LogP contribution is -2.57. The Morgan fingerprint density at radius 2 is 1.40 bits per heavy atom. The zero-order valence-electron chi connectivity index (χ0n) is 13.7. The number of carboxylic acids is 2. The fraction of sp³-hybridized carbons (Fsp3) is 0.615. The Balaban J connectivity index is 5.00. The lowest BCUT2D eigenvalue weighted by Gasteiger charge is -2.22. The third-order valence-corrected chi connectivity index (χ3v) is 2.97. The van der Waals surface area contributed by atoms with Gasteiger partial charge in [-0.15, -0.1) is 0 Å². The molecule has 4 atom stereocenters. The van der Waals surface area contributed by atoms with Gasteiger partial charge in [0.05, 0.1) is 19.1 Å². The van der Waals surface area contributed by atoms with Crippen molar-refractivity contribution in [2.45, 2.75) is 44.4 Å². The van der Waals surface area contributed by atoms with Gasteiger partial charge < -0.3 is 37.0 Å². The van der Waals surface area contributed by atoms with Crippen LogP contribution in [0.5, 0.6) is 0 Å². The van der Waals surface area contributed by atoms with Crippen LogP contribution in [0, 0.1) is 0 Å². The van der Waals surface area contributed by atoms with E-state index in [-0.39, 0.29) is 0 Å². The van der Waals surface area contributed by atoms with Crippen molar-refractivity contribution < 1.29 is 39.3 Å². The smallest absolute Gasteiger partial charge is 0.328 e. The van der Waals surface area contributed by atoms with Crippen molar-refractivity contribution in [2.24, 2.45) is 5.73 Å². The summed E-state index contributed by atoms with van der Waals surface area (Å²) in [4.78, 5) is 57.0. The Labute approximate surface area is 142 Å². The molecule has 0 aromatic carbocycles. The monoisotopic (exact) mass is 362 g/mol. The van der Waals surface area contributed by atoms with Crippen LogP contribution in [0.15, 0.2) is 0 Å². The van der Waals surface area contributed by atoms with Crippen molar-refractivity contribution in [3.63, 3.8) is 0 Å². The molecule has 12 heteroatoms. The standard InChI is InChI=1S/C13H22N4O8/c1-5(14)10(21)15-6(2)11(22)16-7(3-9(19)20)12(23)17-8(4-18)13(24)25/h5-8,18H,3-4,14H2,1-2H3,(H,15,21)(H,16,22)(H,17,23)(H,19,20)(H,24,25). The number of carbonyl (C=O) groups excluding carboxylic acids is 3. The predicted molar refractivity (Wildman–Crippen MR) is 82.1 cm³/mol. The second-order valence-electron chi connectivity index (χ2n) is 5.26. The van der Waals surface area contributed by atoms with Crippen LogP contribution in [-0.4, -0.2) is 75.8 Å². The van der Waals surface area contributed by atoms with Crippen molar-refractivity contribution in [2.75, 3.05) is 6.61 Å². The van der Waals surface area contributed by atoms with E-state index >= 15 is 0 Å². The van der Waals surface area contributed by atoms with E-state index in [2.05, 4.69) is 10.6 Å². The number of amides is 3. The number of carbonyl (C=O) groups is 5. The van der Waals surface area contributed by atoms with Crippen LogP contribution in [0.3, 0.4) is 0 Å². The number of aliphatic hydroxyl groups is 1. The third-order valence-electron chi connectivity index (χ3n) is 2.97. The molecule has 8 N–H and O–H groups in total. The number of rotatable bonds is 10. The fourth-order valence-corrected chi connectivity index (χ4v) is 1.55. The first-order chi connectivity index (χ1) is 11.5. The third kappa shape index (κ3) is 8.08. The zero-order valence-corrected chi connectivity index (χ0v) is 13.7. The molecule has 4 unspecified atom stereocenters. The van der Waals surface area contributed by atoms with Crippen molar-refractivity contribution in [1.82, 2.24) is 16.0 Å². The summed E-state index contributed by atoms with van der Waals surface area (Å²) < 4.78 is 0. The van der Waals surface area contributed by atoms with E-state index in [1.165, 1.54) is 13.8 Å². The number of carboxylic acid groups (broad SMARTS) is 2. The molecule has 0 saturated carbocycles. The van der Waals surface area contributed by atoms with Gasteiger partial charge in [-0.2, -0.15) is 0 Å². The maximum absolute atomic E-state index is 12.0. The second kappa shape index (κ2) is 10.2. The van der Waals surface area contributed by atoms with Gasteiger partial charge in [-0.3, -0.25) is 19.2 Å². The van der Waals surface area contributed by atoms with Crippen LogP contribution in [0.2, 0.25) is 0 Å². The van der Waals surface area contributed by atoms with Crippen LogP contribution in [-0.2, 0) is 24.0 Å². The minimum Gasteiger partial charge on any atom is -0.481 e. The summed E-state index contributed by atoms with van der Waals surface area (Å²) in [7, 11) is 0. The zero-order chi connectivity index (χ0) is 19.7. The highest BCUT2D eigenvalue weighted by Gasteiger charge is 2.29.